The van der Waals surface area contributed by atoms with Gasteiger partial charge in [-0.15, -0.1) is 11.3 Å². The van der Waals surface area contributed by atoms with Gasteiger partial charge in [-0.1, -0.05) is 24.4 Å². The molecule has 1 aromatic heterocycles. The van der Waals surface area contributed by atoms with Crippen molar-refractivity contribution in [3.05, 3.63) is 19.8 Å². The molecule has 1 atom stereocenters. The fourth-order valence-corrected chi connectivity index (χ4v) is 3.73. The molecule has 2 nitrogen and oxygen atoms in total. The Hall–Kier alpha value is 0.390. The van der Waals surface area contributed by atoms with Gasteiger partial charge in [0.25, 0.3) is 0 Å². The van der Waals surface area contributed by atoms with E-state index in [1.54, 1.807) is 11.3 Å². The topological polar surface area (TPSA) is 38.0 Å². The van der Waals surface area contributed by atoms with Gasteiger partial charge in [-0.05, 0) is 47.3 Å². The minimum Gasteiger partial charge on any atom is -0.329 e. The standard InChI is InChI=1S/C12H18BrClN2S/c13-9-6-11(17-12(9)14)10(7-15)16-5-1-2-8-3-4-8/h6,8,10,16H,1-5,7,15H2. The molecular weight excluding hydrogens is 320 g/mol. The van der Waals surface area contributed by atoms with Crippen LogP contribution in [-0.2, 0) is 0 Å². The first kappa shape index (κ1) is 13.8. The number of nitrogens with two attached hydrogens (primary N) is 1. The van der Waals surface area contributed by atoms with Gasteiger partial charge >= 0.3 is 0 Å². The summed E-state index contributed by atoms with van der Waals surface area (Å²) in [6.07, 6.45) is 5.49. The van der Waals surface area contributed by atoms with Crippen LogP contribution in [0.5, 0.6) is 0 Å². The molecule has 17 heavy (non-hydrogen) atoms. The molecule has 0 saturated heterocycles. The Balaban J connectivity index is 1.78. The van der Waals surface area contributed by atoms with Gasteiger partial charge in [0.15, 0.2) is 0 Å². The van der Waals surface area contributed by atoms with E-state index in [1.807, 2.05) is 0 Å². The third-order valence-corrected chi connectivity index (χ3v) is 5.71. The average molecular weight is 338 g/mol. The molecule has 5 heteroatoms. The van der Waals surface area contributed by atoms with E-state index in [4.69, 9.17) is 17.3 Å². The number of hydrogen-bond acceptors (Lipinski definition) is 3. The van der Waals surface area contributed by atoms with Crippen molar-refractivity contribution in [1.82, 2.24) is 5.32 Å². The van der Waals surface area contributed by atoms with Crippen LogP contribution in [0.15, 0.2) is 10.5 Å². The molecule has 3 N–H and O–H groups in total. The summed E-state index contributed by atoms with van der Waals surface area (Å²) < 4.78 is 1.77. The number of halogens is 2. The smallest absolute Gasteiger partial charge is 0.107 e. The molecule has 1 saturated carbocycles. The van der Waals surface area contributed by atoms with E-state index in [2.05, 4.69) is 27.3 Å². The van der Waals surface area contributed by atoms with Crippen LogP contribution in [-0.4, -0.2) is 13.1 Å². The maximum absolute atomic E-state index is 6.04. The molecule has 1 aliphatic carbocycles. The number of rotatable bonds is 7. The second-order valence-corrected chi connectivity index (χ2v) is 7.14. The summed E-state index contributed by atoms with van der Waals surface area (Å²) in [5, 5.41) is 3.52. The van der Waals surface area contributed by atoms with Gasteiger partial charge < -0.3 is 11.1 Å². The number of thiophene rings is 1. The molecule has 96 valence electrons. The third kappa shape index (κ3) is 4.21. The lowest BCUT2D eigenvalue weighted by molar-refractivity contribution is 0.517. The molecule has 1 unspecified atom stereocenters. The van der Waals surface area contributed by atoms with E-state index in [-0.39, 0.29) is 6.04 Å². The van der Waals surface area contributed by atoms with Crippen molar-refractivity contribution in [3.8, 4) is 0 Å². The average Bonchev–Trinajstić information content (AvgIpc) is 3.06. The van der Waals surface area contributed by atoms with Crippen LogP contribution < -0.4 is 11.1 Å². The summed E-state index contributed by atoms with van der Waals surface area (Å²) in [7, 11) is 0. The monoisotopic (exact) mass is 336 g/mol. The Morgan fingerprint density at radius 1 is 1.59 bits per heavy atom. The Bertz CT molecular complexity index is 346. The Morgan fingerprint density at radius 2 is 2.35 bits per heavy atom. The van der Waals surface area contributed by atoms with E-state index in [0.29, 0.717) is 6.54 Å². The molecule has 1 fully saturated rings. The lowest BCUT2D eigenvalue weighted by atomic mass is 10.2. The highest BCUT2D eigenvalue weighted by Gasteiger charge is 2.20. The summed E-state index contributed by atoms with van der Waals surface area (Å²) in [5.41, 5.74) is 5.80. The second kappa shape index (κ2) is 6.53. The molecule has 2 rings (SSSR count). The van der Waals surface area contributed by atoms with E-state index in [0.717, 1.165) is 21.3 Å². The molecule has 0 amide bonds. The first-order chi connectivity index (χ1) is 8.20. The highest BCUT2D eigenvalue weighted by Crippen LogP contribution is 2.35. The third-order valence-electron chi connectivity index (χ3n) is 3.12. The summed E-state index contributed by atoms with van der Waals surface area (Å²) in [6.45, 7) is 1.66. The predicted octanol–water partition coefficient (Wildman–Crippen LogP) is 3.94. The Kier molecular flexibility index (Phi) is 5.30. The van der Waals surface area contributed by atoms with Crippen molar-refractivity contribution in [2.24, 2.45) is 11.7 Å². The summed E-state index contributed by atoms with van der Waals surface area (Å²) in [6, 6.07) is 2.31. The summed E-state index contributed by atoms with van der Waals surface area (Å²) >= 11 is 11.1. The highest BCUT2D eigenvalue weighted by atomic mass is 79.9. The largest absolute Gasteiger partial charge is 0.329 e. The molecule has 0 spiro atoms. The van der Waals surface area contributed by atoms with E-state index >= 15 is 0 Å². The van der Waals surface area contributed by atoms with Crippen LogP contribution in [0.2, 0.25) is 4.34 Å². The highest BCUT2D eigenvalue weighted by molar-refractivity contribution is 9.10. The van der Waals surface area contributed by atoms with Gasteiger partial charge in [0.2, 0.25) is 0 Å². The molecule has 0 radical (unpaired) electrons. The van der Waals surface area contributed by atoms with Gasteiger partial charge in [-0.2, -0.15) is 0 Å². The second-order valence-electron chi connectivity index (χ2n) is 4.60. The van der Waals surface area contributed by atoms with Crippen LogP contribution in [0.25, 0.3) is 0 Å². The van der Waals surface area contributed by atoms with Crippen molar-refractivity contribution >= 4 is 38.9 Å². The summed E-state index contributed by atoms with van der Waals surface area (Å²) in [4.78, 5) is 1.22. The van der Waals surface area contributed by atoms with Gasteiger partial charge in [0, 0.05) is 15.9 Å². The molecular formula is C12H18BrClN2S. The van der Waals surface area contributed by atoms with Gasteiger partial charge in [0.1, 0.15) is 4.34 Å². The minimum absolute atomic E-state index is 0.239. The first-order valence-electron chi connectivity index (χ1n) is 6.09. The van der Waals surface area contributed by atoms with Crippen molar-refractivity contribution in [2.75, 3.05) is 13.1 Å². The Morgan fingerprint density at radius 3 is 2.88 bits per heavy atom. The lowest BCUT2D eigenvalue weighted by Gasteiger charge is -2.14. The molecule has 1 aliphatic rings. The zero-order valence-electron chi connectivity index (χ0n) is 9.72. The van der Waals surface area contributed by atoms with Crippen LogP contribution in [0.4, 0.5) is 0 Å². The SMILES string of the molecule is NCC(NCCCC1CC1)c1cc(Br)c(Cl)s1. The van der Waals surface area contributed by atoms with Crippen molar-refractivity contribution in [2.45, 2.75) is 31.7 Å². The zero-order valence-corrected chi connectivity index (χ0v) is 12.9. The number of nitrogens with one attached hydrogen (secondary N) is 1. The van der Waals surface area contributed by atoms with E-state index in [1.165, 1.54) is 30.6 Å². The maximum atomic E-state index is 6.04. The maximum Gasteiger partial charge on any atom is 0.107 e. The van der Waals surface area contributed by atoms with Crippen LogP contribution in [0.3, 0.4) is 0 Å². The predicted molar refractivity (Wildman–Crippen MR) is 78.8 cm³/mol. The van der Waals surface area contributed by atoms with Crippen molar-refractivity contribution in [1.29, 1.82) is 0 Å². The lowest BCUT2D eigenvalue weighted by Crippen LogP contribution is -2.28. The first-order valence-corrected chi connectivity index (χ1v) is 8.07. The number of hydrogen-bond donors (Lipinski definition) is 2. The van der Waals surface area contributed by atoms with Crippen LogP contribution >= 0.6 is 38.9 Å². The van der Waals surface area contributed by atoms with Crippen molar-refractivity contribution in [3.63, 3.8) is 0 Å². The quantitative estimate of drug-likeness (QED) is 0.740. The normalized spacial score (nSPS) is 17.4. The molecule has 0 aliphatic heterocycles. The fraction of sp³-hybridized carbons (Fsp3) is 0.667. The molecule has 1 heterocycles. The van der Waals surface area contributed by atoms with Crippen molar-refractivity contribution < 1.29 is 0 Å². The van der Waals surface area contributed by atoms with E-state index < -0.39 is 0 Å². The van der Waals surface area contributed by atoms with Gasteiger partial charge in [-0.3, -0.25) is 0 Å². The van der Waals surface area contributed by atoms with E-state index in [9.17, 15) is 0 Å². The molecule has 0 aromatic carbocycles. The molecule has 0 bridgehead atoms. The zero-order chi connectivity index (χ0) is 12.3. The minimum atomic E-state index is 0.239. The van der Waals surface area contributed by atoms with Gasteiger partial charge in [-0.25, -0.2) is 0 Å². The van der Waals surface area contributed by atoms with Crippen LogP contribution in [0.1, 0.15) is 36.6 Å². The van der Waals surface area contributed by atoms with Gasteiger partial charge in [0.05, 0.1) is 6.04 Å². The summed E-state index contributed by atoms with van der Waals surface area (Å²) in [5.74, 6) is 1.01. The Labute approximate surface area is 120 Å². The fourth-order valence-electron chi connectivity index (χ4n) is 1.91. The molecule has 1 aromatic rings. The van der Waals surface area contributed by atoms with Crippen LogP contribution in [0, 0.1) is 5.92 Å².